The van der Waals surface area contributed by atoms with Crippen molar-refractivity contribution in [2.75, 3.05) is 61.1 Å². The molecule has 0 saturated carbocycles. The largest absolute Gasteiger partial charge is 0.486 e. The first kappa shape index (κ1) is 36.2. The van der Waals surface area contributed by atoms with Crippen molar-refractivity contribution in [1.82, 2.24) is 0 Å². The van der Waals surface area contributed by atoms with Crippen LogP contribution in [0.5, 0.6) is 5.75 Å². The molecule has 2 heterocycles. The van der Waals surface area contributed by atoms with Gasteiger partial charge in [-0.3, -0.25) is 0 Å². The minimum Gasteiger partial charge on any atom is -0.486 e. The topological polar surface area (TPSA) is 65.5 Å². The first-order chi connectivity index (χ1) is 23.9. The molecule has 0 atom stereocenters. The predicted molar refractivity (Wildman–Crippen MR) is 199 cm³/mol. The number of aryl methyl sites for hydroxylation is 1. The third-order valence-corrected chi connectivity index (χ3v) is 9.89. The summed E-state index contributed by atoms with van der Waals surface area (Å²) in [5.41, 5.74) is 6.57. The van der Waals surface area contributed by atoms with Crippen LogP contribution < -0.4 is 19.4 Å². The molecule has 2 aliphatic heterocycles. The van der Waals surface area contributed by atoms with Crippen LogP contribution in [0.4, 0.5) is 21.5 Å². The first-order valence-corrected chi connectivity index (χ1v) is 18.3. The molecular weight excluding hydrogens is 617 g/mol. The van der Waals surface area contributed by atoms with Crippen LogP contribution in [-0.4, -0.2) is 57.5 Å². The number of carboxylic acids is 1. The quantitative estimate of drug-likeness (QED) is 0.144. The fourth-order valence-corrected chi connectivity index (χ4v) is 6.94. The first-order valence-electron chi connectivity index (χ1n) is 18.3. The van der Waals surface area contributed by atoms with Crippen LogP contribution in [0.15, 0.2) is 61.2 Å². The second kappa shape index (κ2) is 18.1. The van der Waals surface area contributed by atoms with Crippen molar-refractivity contribution in [3.8, 4) is 5.75 Å². The Balaban J connectivity index is 1.29. The highest BCUT2D eigenvalue weighted by Gasteiger charge is 2.20. The van der Waals surface area contributed by atoms with E-state index in [-0.39, 0.29) is 17.9 Å². The van der Waals surface area contributed by atoms with Gasteiger partial charge in [0.05, 0.1) is 12.2 Å². The molecule has 0 unspecified atom stereocenters. The van der Waals surface area contributed by atoms with Crippen molar-refractivity contribution in [2.45, 2.75) is 84.2 Å². The molecule has 264 valence electrons. The summed E-state index contributed by atoms with van der Waals surface area (Å²) >= 11 is 0. The van der Waals surface area contributed by atoms with Crippen molar-refractivity contribution < 1.29 is 23.8 Å². The summed E-state index contributed by atoms with van der Waals surface area (Å²) in [6.45, 7) is 12.0. The van der Waals surface area contributed by atoms with Gasteiger partial charge in [-0.1, -0.05) is 58.1 Å². The van der Waals surface area contributed by atoms with Crippen molar-refractivity contribution in [3.05, 3.63) is 89.2 Å². The Labute approximate surface area is 292 Å². The van der Waals surface area contributed by atoms with Crippen LogP contribution >= 0.6 is 0 Å². The molecule has 3 aromatic rings. The SMILES string of the molecule is C=C(c1ccc(OCc2cc(N3CCCC3)ccc2N2CCCOCC2)c(F)c1)N(C)c1cc(C(=O)O)ccc1CCCCCCCCC. The maximum atomic E-state index is 15.7. The average molecular weight is 672 g/mol. The molecule has 0 aromatic heterocycles. The van der Waals surface area contributed by atoms with Crippen molar-refractivity contribution in [3.63, 3.8) is 0 Å². The van der Waals surface area contributed by atoms with Crippen LogP contribution in [0.2, 0.25) is 0 Å². The van der Waals surface area contributed by atoms with Crippen LogP contribution in [0.1, 0.15) is 98.2 Å². The number of aromatic carboxylic acids is 1. The summed E-state index contributed by atoms with van der Waals surface area (Å²) in [6.07, 6.45) is 12.6. The zero-order valence-corrected chi connectivity index (χ0v) is 29.5. The van der Waals surface area contributed by atoms with E-state index in [9.17, 15) is 9.90 Å². The highest BCUT2D eigenvalue weighted by Crippen LogP contribution is 2.33. The van der Waals surface area contributed by atoms with Gasteiger partial charge >= 0.3 is 5.97 Å². The number of nitrogens with zero attached hydrogens (tertiary/aromatic N) is 3. The minimum atomic E-state index is -0.978. The standard InChI is InChI=1S/C41H54FN3O4/c1-4-5-6-7-8-9-10-14-32-15-16-34(41(46)47)29-39(32)43(3)31(2)33-17-20-40(37(42)28-33)49-30-35-27-36(44-21-11-12-22-44)18-19-38(35)45-23-13-25-48-26-24-45/h15-20,27-29H,2,4-14,21-26,30H2,1,3H3,(H,46,47). The summed E-state index contributed by atoms with van der Waals surface area (Å²) in [6, 6.07) is 16.8. The van der Waals surface area contributed by atoms with Crippen LogP contribution in [0.3, 0.4) is 0 Å². The van der Waals surface area contributed by atoms with Gasteiger partial charge in [-0.15, -0.1) is 0 Å². The van der Waals surface area contributed by atoms with E-state index < -0.39 is 11.8 Å². The Morgan fingerprint density at radius 2 is 1.59 bits per heavy atom. The number of halogens is 1. The number of anilines is 3. The molecule has 5 rings (SSSR count). The maximum Gasteiger partial charge on any atom is 0.335 e. The van der Waals surface area contributed by atoms with Gasteiger partial charge in [0.1, 0.15) is 6.61 Å². The lowest BCUT2D eigenvalue weighted by molar-refractivity contribution is 0.0697. The van der Waals surface area contributed by atoms with Gasteiger partial charge < -0.3 is 29.3 Å². The molecule has 1 N–H and O–H groups in total. The van der Waals surface area contributed by atoms with Gasteiger partial charge in [0.2, 0.25) is 0 Å². The third-order valence-electron chi connectivity index (χ3n) is 9.89. The Morgan fingerprint density at radius 3 is 2.35 bits per heavy atom. The van der Waals surface area contributed by atoms with Crippen LogP contribution in [-0.2, 0) is 17.8 Å². The number of hydrogen-bond donors (Lipinski definition) is 1. The molecule has 2 fully saturated rings. The lowest BCUT2D eigenvalue weighted by Gasteiger charge is -2.27. The molecule has 7 nitrogen and oxygen atoms in total. The number of benzene rings is 3. The van der Waals surface area contributed by atoms with Gasteiger partial charge in [0.25, 0.3) is 0 Å². The van der Waals surface area contributed by atoms with E-state index in [1.54, 1.807) is 18.2 Å². The molecule has 2 saturated heterocycles. The number of rotatable bonds is 17. The van der Waals surface area contributed by atoms with Crippen LogP contribution in [0.25, 0.3) is 5.70 Å². The van der Waals surface area contributed by atoms with E-state index in [0.29, 0.717) is 17.9 Å². The lowest BCUT2D eigenvalue weighted by Crippen LogP contribution is -2.27. The van der Waals surface area contributed by atoms with Crippen molar-refractivity contribution in [1.29, 1.82) is 0 Å². The maximum absolute atomic E-state index is 15.7. The number of carboxylic acid groups (broad SMARTS) is 1. The van der Waals surface area contributed by atoms with E-state index in [0.717, 1.165) is 81.0 Å². The number of unbranched alkanes of at least 4 members (excludes halogenated alkanes) is 6. The molecule has 0 bridgehead atoms. The molecule has 0 aliphatic carbocycles. The molecule has 2 aliphatic rings. The van der Waals surface area contributed by atoms with E-state index in [1.807, 2.05) is 24.1 Å². The zero-order valence-electron chi connectivity index (χ0n) is 29.5. The Hall–Kier alpha value is -4.04. The normalized spacial score (nSPS) is 14.9. The monoisotopic (exact) mass is 671 g/mol. The van der Waals surface area contributed by atoms with Gasteiger partial charge in [-0.25, -0.2) is 9.18 Å². The molecular formula is C41H54FN3O4. The predicted octanol–water partition coefficient (Wildman–Crippen LogP) is 9.33. The molecule has 0 amide bonds. The van der Waals surface area contributed by atoms with Gasteiger partial charge in [0, 0.05) is 73.7 Å². The summed E-state index contributed by atoms with van der Waals surface area (Å²) in [5.74, 6) is -1.26. The number of carbonyl (C=O) groups is 1. The molecule has 3 aromatic carbocycles. The second-order valence-electron chi connectivity index (χ2n) is 13.4. The Kier molecular flexibility index (Phi) is 13.4. The fraction of sp³-hybridized carbons (Fsp3) is 0.488. The van der Waals surface area contributed by atoms with Crippen LogP contribution in [0, 0.1) is 5.82 Å². The van der Waals surface area contributed by atoms with E-state index in [1.165, 1.54) is 56.7 Å². The van der Waals surface area contributed by atoms with Crippen molar-refractivity contribution >= 4 is 28.7 Å². The van der Waals surface area contributed by atoms with Gasteiger partial charge in [-0.05, 0) is 86.2 Å². The zero-order chi connectivity index (χ0) is 34.6. The Bertz CT molecular complexity index is 1550. The highest BCUT2D eigenvalue weighted by atomic mass is 19.1. The number of ether oxygens (including phenoxy) is 2. The van der Waals surface area contributed by atoms with E-state index >= 15 is 4.39 Å². The molecule has 8 heteroatoms. The third kappa shape index (κ3) is 9.78. The van der Waals surface area contributed by atoms with E-state index in [4.69, 9.17) is 9.47 Å². The van der Waals surface area contributed by atoms with Crippen molar-refractivity contribution in [2.24, 2.45) is 0 Å². The minimum absolute atomic E-state index is 0.184. The molecule has 0 spiro atoms. The molecule has 49 heavy (non-hydrogen) atoms. The second-order valence-corrected chi connectivity index (χ2v) is 13.4. The summed E-state index contributed by atoms with van der Waals surface area (Å²) in [7, 11) is 1.86. The Morgan fingerprint density at radius 1 is 0.857 bits per heavy atom. The average Bonchev–Trinajstić information content (AvgIpc) is 3.52. The highest BCUT2D eigenvalue weighted by molar-refractivity contribution is 5.90. The molecule has 0 radical (unpaired) electrons. The lowest BCUT2D eigenvalue weighted by atomic mass is 10.00. The summed E-state index contributed by atoms with van der Waals surface area (Å²) in [5, 5.41) is 9.71. The summed E-state index contributed by atoms with van der Waals surface area (Å²) in [4.78, 5) is 18.5. The number of hydrogen-bond acceptors (Lipinski definition) is 6. The van der Waals surface area contributed by atoms with Gasteiger partial charge in [-0.2, -0.15) is 0 Å². The van der Waals surface area contributed by atoms with Gasteiger partial charge in [0.15, 0.2) is 11.6 Å². The summed E-state index contributed by atoms with van der Waals surface area (Å²) < 4.78 is 27.6. The smallest absolute Gasteiger partial charge is 0.335 e. The fourth-order valence-electron chi connectivity index (χ4n) is 6.94. The van der Waals surface area contributed by atoms with E-state index in [2.05, 4.69) is 41.5 Å².